The van der Waals surface area contributed by atoms with E-state index in [0.717, 1.165) is 11.1 Å². The van der Waals surface area contributed by atoms with Crippen molar-refractivity contribution in [2.45, 2.75) is 19.0 Å². The van der Waals surface area contributed by atoms with E-state index in [0.29, 0.717) is 18.7 Å². The maximum Gasteiger partial charge on any atom is 0.240 e. The predicted octanol–water partition coefficient (Wildman–Crippen LogP) is 2.11. The number of carbonyl (C=O) groups excluding carboxylic acids is 1. The van der Waals surface area contributed by atoms with Crippen molar-refractivity contribution in [2.24, 2.45) is 5.73 Å². The molecule has 3 rings (SSSR count). The maximum absolute atomic E-state index is 13.9. The van der Waals surface area contributed by atoms with Gasteiger partial charge >= 0.3 is 0 Å². The highest BCUT2D eigenvalue weighted by Crippen LogP contribution is 2.31. The van der Waals surface area contributed by atoms with Crippen LogP contribution in [0.5, 0.6) is 0 Å². The number of rotatable bonds is 2. The van der Waals surface area contributed by atoms with Gasteiger partial charge in [-0.1, -0.05) is 30.3 Å². The van der Waals surface area contributed by atoms with Gasteiger partial charge in [-0.05, 0) is 23.3 Å². The normalized spacial score (nSPS) is 16.7. The monoisotopic (exact) mass is 295 g/mol. The van der Waals surface area contributed by atoms with E-state index >= 15 is 0 Å². The number of nitrogens with zero attached hydrogens (tertiary/aromatic N) is 2. The van der Waals surface area contributed by atoms with E-state index in [2.05, 4.69) is 0 Å². The third-order valence-electron chi connectivity index (χ3n) is 3.99. The minimum Gasteiger partial charge on any atom is -0.368 e. The van der Waals surface area contributed by atoms with Crippen molar-refractivity contribution < 1.29 is 9.18 Å². The highest BCUT2D eigenvalue weighted by molar-refractivity contribution is 5.85. The van der Waals surface area contributed by atoms with Crippen LogP contribution in [0.3, 0.4) is 0 Å². The van der Waals surface area contributed by atoms with E-state index < -0.39 is 17.8 Å². The lowest BCUT2D eigenvalue weighted by molar-refractivity contribution is -0.119. The molecule has 0 aliphatic carbocycles. The Morgan fingerprint density at radius 3 is 2.64 bits per heavy atom. The van der Waals surface area contributed by atoms with Crippen LogP contribution in [0, 0.1) is 17.1 Å². The molecule has 2 aromatic carbocycles. The second-order valence-corrected chi connectivity index (χ2v) is 5.26. The number of fused-ring (bicyclic) bond motifs is 1. The molecule has 1 heterocycles. The van der Waals surface area contributed by atoms with Gasteiger partial charge in [0.15, 0.2) is 0 Å². The Bertz CT molecular complexity index is 782. The second kappa shape index (κ2) is 5.49. The highest BCUT2D eigenvalue weighted by atomic mass is 19.1. The molecular formula is C17H14FN3O. The molecule has 4 nitrogen and oxygen atoms in total. The van der Waals surface area contributed by atoms with E-state index in [1.54, 1.807) is 11.0 Å². The summed E-state index contributed by atoms with van der Waals surface area (Å²) in [5.74, 6) is -1.08. The van der Waals surface area contributed by atoms with Gasteiger partial charge in [0.05, 0.1) is 5.69 Å². The first-order valence-corrected chi connectivity index (χ1v) is 6.93. The first-order chi connectivity index (χ1) is 10.6. The summed E-state index contributed by atoms with van der Waals surface area (Å²) in [6.45, 7) is 0.419. The number of halogens is 1. The predicted molar refractivity (Wildman–Crippen MR) is 80.4 cm³/mol. The molecule has 2 aromatic rings. The summed E-state index contributed by atoms with van der Waals surface area (Å²) in [5.41, 5.74) is 7.97. The molecule has 0 unspecified atom stereocenters. The Morgan fingerprint density at radius 1 is 1.23 bits per heavy atom. The number of anilines is 1. The smallest absolute Gasteiger partial charge is 0.240 e. The van der Waals surface area contributed by atoms with E-state index in [1.165, 1.54) is 12.1 Å². The lowest BCUT2D eigenvalue weighted by Gasteiger charge is -2.37. The number of nitrogens with two attached hydrogens (primary N) is 1. The van der Waals surface area contributed by atoms with Crippen LogP contribution in [-0.4, -0.2) is 11.9 Å². The quantitative estimate of drug-likeness (QED) is 0.922. The van der Waals surface area contributed by atoms with Gasteiger partial charge in [0.1, 0.15) is 23.5 Å². The lowest BCUT2D eigenvalue weighted by atomic mass is 9.92. The van der Waals surface area contributed by atoms with Crippen molar-refractivity contribution in [1.29, 1.82) is 5.26 Å². The Labute approximate surface area is 127 Å². The van der Waals surface area contributed by atoms with Crippen LogP contribution in [0.2, 0.25) is 0 Å². The number of amides is 1. The Morgan fingerprint density at radius 2 is 1.95 bits per heavy atom. The lowest BCUT2D eigenvalue weighted by Crippen LogP contribution is -2.49. The standard InChI is InChI=1S/C17H14FN3O/c18-14-6-3-7-15(13(14)9-19)21-10-12-5-2-1-4-11(12)8-16(21)17(20)22/h1-7,16H,8,10H2,(H2,20,22)/t16-/m0/s1. The average molecular weight is 295 g/mol. The van der Waals surface area contributed by atoms with Crippen LogP contribution in [0.4, 0.5) is 10.1 Å². The molecule has 0 bridgehead atoms. The van der Waals surface area contributed by atoms with Gasteiger partial charge in [-0.3, -0.25) is 4.79 Å². The topological polar surface area (TPSA) is 70.1 Å². The van der Waals surface area contributed by atoms with Gasteiger partial charge in [-0.25, -0.2) is 4.39 Å². The number of nitriles is 1. The fourth-order valence-electron chi connectivity index (χ4n) is 2.89. The van der Waals surface area contributed by atoms with Crippen molar-refractivity contribution >= 4 is 11.6 Å². The van der Waals surface area contributed by atoms with E-state index in [4.69, 9.17) is 5.73 Å². The minimum atomic E-state index is -0.595. The zero-order valence-electron chi connectivity index (χ0n) is 11.8. The third-order valence-corrected chi connectivity index (χ3v) is 3.99. The highest BCUT2D eigenvalue weighted by Gasteiger charge is 2.31. The molecule has 0 aromatic heterocycles. The van der Waals surface area contributed by atoms with Crippen LogP contribution in [-0.2, 0) is 17.8 Å². The van der Waals surface area contributed by atoms with Gasteiger partial charge in [-0.15, -0.1) is 0 Å². The van der Waals surface area contributed by atoms with Crippen molar-refractivity contribution in [3.05, 3.63) is 65.0 Å². The first kappa shape index (κ1) is 14.1. The first-order valence-electron chi connectivity index (χ1n) is 6.93. The molecule has 0 radical (unpaired) electrons. The molecule has 0 saturated heterocycles. The zero-order valence-corrected chi connectivity index (χ0v) is 11.8. The zero-order chi connectivity index (χ0) is 15.7. The van der Waals surface area contributed by atoms with E-state index in [-0.39, 0.29) is 5.56 Å². The van der Waals surface area contributed by atoms with Gasteiger partial charge in [0.25, 0.3) is 0 Å². The summed E-state index contributed by atoms with van der Waals surface area (Å²) in [4.78, 5) is 13.6. The van der Waals surface area contributed by atoms with Gasteiger partial charge in [0.2, 0.25) is 5.91 Å². The van der Waals surface area contributed by atoms with Crippen molar-refractivity contribution in [3.63, 3.8) is 0 Å². The second-order valence-electron chi connectivity index (χ2n) is 5.26. The van der Waals surface area contributed by atoms with E-state index in [9.17, 15) is 14.4 Å². The summed E-state index contributed by atoms with van der Waals surface area (Å²) in [5, 5.41) is 9.22. The maximum atomic E-state index is 13.9. The van der Waals surface area contributed by atoms with Gasteiger partial charge in [0, 0.05) is 13.0 Å². The van der Waals surface area contributed by atoms with Crippen LogP contribution >= 0.6 is 0 Å². The van der Waals surface area contributed by atoms with Crippen molar-refractivity contribution in [2.75, 3.05) is 4.90 Å². The van der Waals surface area contributed by atoms with Crippen LogP contribution in [0.1, 0.15) is 16.7 Å². The molecule has 0 fully saturated rings. The largest absolute Gasteiger partial charge is 0.368 e. The molecule has 0 saturated carbocycles. The third kappa shape index (κ3) is 2.29. The SMILES string of the molecule is N#Cc1c(F)cccc1N1Cc2ccccc2C[C@H]1C(N)=O. The summed E-state index contributed by atoms with van der Waals surface area (Å²) < 4.78 is 13.9. The average Bonchev–Trinajstić information content (AvgIpc) is 2.53. The van der Waals surface area contributed by atoms with Gasteiger partial charge in [-0.2, -0.15) is 5.26 Å². The van der Waals surface area contributed by atoms with Crippen LogP contribution < -0.4 is 10.6 Å². The Kier molecular flexibility index (Phi) is 3.51. The Hall–Kier alpha value is -2.87. The summed E-state index contributed by atoms with van der Waals surface area (Å²) in [7, 11) is 0. The Balaban J connectivity index is 2.11. The number of carbonyl (C=O) groups is 1. The molecule has 5 heteroatoms. The molecular weight excluding hydrogens is 281 g/mol. The molecule has 1 amide bonds. The van der Waals surface area contributed by atoms with Crippen LogP contribution in [0.15, 0.2) is 42.5 Å². The summed E-state index contributed by atoms with van der Waals surface area (Å²) in [6, 6.07) is 13.4. The summed E-state index contributed by atoms with van der Waals surface area (Å²) in [6.07, 6.45) is 0.451. The molecule has 1 atom stereocenters. The summed E-state index contributed by atoms with van der Waals surface area (Å²) >= 11 is 0. The minimum absolute atomic E-state index is 0.0619. The molecule has 2 N–H and O–H groups in total. The molecule has 110 valence electrons. The number of hydrogen-bond donors (Lipinski definition) is 1. The van der Waals surface area contributed by atoms with Crippen molar-refractivity contribution in [3.8, 4) is 6.07 Å². The molecule has 0 spiro atoms. The van der Waals surface area contributed by atoms with Gasteiger partial charge < -0.3 is 10.6 Å². The molecule has 1 aliphatic rings. The van der Waals surface area contributed by atoms with E-state index in [1.807, 2.05) is 30.3 Å². The molecule has 22 heavy (non-hydrogen) atoms. The number of hydrogen-bond acceptors (Lipinski definition) is 3. The fraction of sp³-hybridized carbons (Fsp3) is 0.176. The number of benzene rings is 2. The number of primary amides is 1. The van der Waals surface area contributed by atoms with Crippen LogP contribution in [0.25, 0.3) is 0 Å². The molecule has 1 aliphatic heterocycles. The fourth-order valence-corrected chi connectivity index (χ4v) is 2.89. The van der Waals surface area contributed by atoms with Crippen molar-refractivity contribution in [1.82, 2.24) is 0 Å².